The normalized spacial score (nSPS) is 12.6. The Balaban J connectivity index is 1.75. The summed E-state index contributed by atoms with van der Waals surface area (Å²) in [5, 5.41) is 19.7. The molecular weight excluding hydrogens is 344 g/mol. The number of aromatic hydroxyl groups is 2. The highest BCUT2D eigenvalue weighted by atomic mass is 16.5. The van der Waals surface area contributed by atoms with E-state index in [2.05, 4.69) is 0 Å². The standard InChI is InChI=1S/C22H16O5/c1-12(23)13-2-4-14(5-3-13)15-6-7-20-16(8-15)9-18(25)22-19(26)10-17(24)11-21(22)27-20/h2-8,10-11,24,26H,9H2,1H3. The Bertz CT molecular complexity index is 1080. The number of phenolic OH excluding ortho intramolecular Hbond substituents is 2. The van der Waals surface area contributed by atoms with E-state index >= 15 is 0 Å². The van der Waals surface area contributed by atoms with Crippen LogP contribution < -0.4 is 4.74 Å². The number of hydrogen-bond acceptors (Lipinski definition) is 5. The summed E-state index contributed by atoms with van der Waals surface area (Å²) in [7, 11) is 0. The molecule has 0 spiro atoms. The van der Waals surface area contributed by atoms with Gasteiger partial charge in [0.2, 0.25) is 0 Å². The molecule has 134 valence electrons. The fourth-order valence-corrected chi connectivity index (χ4v) is 3.22. The maximum Gasteiger partial charge on any atom is 0.174 e. The number of hydrogen-bond donors (Lipinski definition) is 2. The number of rotatable bonds is 2. The Kier molecular flexibility index (Phi) is 3.92. The third kappa shape index (κ3) is 3.04. The highest BCUT2D eigenvalue weighted by Gasteiger charge is 2.25. The molecule has 4 rings (SSSR count). The highest BCUT2D eigenvalue weighted by Crippen LogP contribution is 2.41. The van der Waals surface area contributed by atoms with Gasteiger partial charge in [0, 0.05) is 29.7 Å². The maximum atomic E-state index is 12.6. The van der Waals surface area contributed by atoms with Crippen LogP contribution in [-0.4, -0.2) is 21.8 Å². The molecule has 5 heteroatoms. The zero-order valence-electron chi connectivity index (χ0n) is 14.5. The van der Waals surface area contributed by atoms with Gasteiger partial charge in [0.25, 0.3) is 0 Å². The average molecular weight is 360 g/mol. The van der Waals surface area contributed by atoms with Gasteiger partial charge in [-0.15, -0.1) is 0 Å². The molecule has 1 heterocycles. The van der Waals surface area contributed by atoms with E-state index < -0.39 is 0 Å². The van der Waals surface area contributed by atoms with Crippen molar-refractivity contribution in [2.75, 3.05) is 0 Å². The van der Waals surface area contributed by atoms with Gasteiger partial charge in [-0.25, -0.2) is 0 Å². The Labute approximate surface area is 155 Å². The van der Waals surface area contributed by atoms with E-state index in [0.29, 0.717) is 16.9 Å². The molecule has 0 saturated carbocycles. The SMILES string of the molecule is CC(=O)c1ccc(-c2ccc3c(c2)CC(=O)c2c(O)cc(O)cc2O3)cc1. The van der Waals surface area contributed by atoms with Gasteiger partial charge in [-0.05, 0) is 30.2 Å². The second-order valence-electron chi connectivity index (χ2n) is 6.50. The van der Waals surface area contributed by atoms with Crippen molar-refractivity contribution in [3.05, 3.63) is 71.3 Å². The molecule has 0 bridgehead atoms. The number of ether oxygens (including phenoxy) is 1. The van der Waals surface area contributed by atoms with Crippen LogP contribution in [-0.2, 0) is 6.42 Å². The minimum absolute atomic E-state index is 0.00306. The zero-order valence-corrected chi connectivity index (χ0v) is 14.5. The summed E-state index contributed by atoms with van der Waals surface area (Å²) in [6.45, 7) is 1.52. The van der Waals surface area contributed by atoms with Crippen molar-refractivity contribution in [3.8, 4) is 34.1 Å². The van der Waals surface area contributed by atoms with E-state index in [0.717, 1.165) is 17.2 Å². The predicted molar refractivity (Wildman–Crippen MR) is 99.8 cm³/mol. The van der Waals surface area contributed by atoms with Gasteiger partial charge in [0.15, 0.2) is 11.6 Å². The summed E-state index contributed by atoms with van der Waals surface area (Å²) in [5.74, 6) is -0.132. The number of fused-ring (bicyclic) bond motifs is 2. The van der Waals surface area contributed by atoms with E-state index in [4.69, 9.17) is 4.74 Å². The summed E-state index contributed by atoms with van der Waals surface area (Å²) < 4.78 is 5.79. The quantitative estimate of drug-likeness (QED) is 0.658. The lowest BCUT2D eigenvalue weighted by atomic mass is 9.97. The first-order valence-electron chi connectivity index (χ1n) is 8.43. The van der Waals surface area contributed by atoms with E-state index in [1.54, 1.807) is 18.2 Å². The molecule has 1 aliphatic heterocycles. The highest BCUT2D eigenvalue weighted by molar-refractivity contribution is 6.03. The molecule has 0 aliphatic carbocycles. The average Bonchev–Trinajstić information content (AvgIpc) is 2.76. The van der Waals surface area contributed by atoms with Crippen LogP contribution in [0, 0.1) is 0 Å². The number of phenols is 2. The van der Waals surface area contributed by atoms with Crippen molar-refractivity contribution in [1.29, 1.82) is 0 Å². The molecular formula is C22H16O5. The number of Topliss-reactive ketones (excluding diaryl/α,β-unsaturated/α-hetero) is 2. The second-order valence-corrected chi connectivity index (χ2v) is 6.50. The van der Waals surface area contributed by atoms with Gasteiger partial charge in [-0.2, -0.15) is 0 Å². The molecule has 5 nitrogen and oxygen atoms in total. The molecule has 27 heavy (non-hydrogen) atoms. The van der Waals surface area contributed by atoms with Gasteiger partial charge in [0.05, 0.1) is 0 Å². The van der Waals surface area contributed by atoms with Crippen molar-refractivity contribution in [2.45, 2.75) is 13.3 Å². The third-order valence-electron chi connectivity index (χ3n) is 4.60. The van der Waals surface area contributed by atoms with Crippen molar-refractivity contribution < 1.29 is 24.5 Å². The molecule has 0 atom stereocenters. The molecule has 2 N–H and O–H groups in total. The monoisotopic (exact) mass is 360 g/mol. The lowest BCUT2D eigenvalue weighted by Gasteiger charge is -2.11. The van der Waals surface area contributed by atoms with Gasteiger partial charge >= 0.3 is 0 Å². The van der Waals surface area contributed by atoms with Crippen molar-refractivity contribution in [1.82, 2.24) is 0 Å². The largest absolute Gasteiger partial charge is 0.508 e. The first-order valence-corrected chi connectivity index (χ1v) is 8.43. The van der Waals surface area contributed by atoms with E-state index in [9.17, 15) is 19.8 Å². The fourth-order valence-electron chi connectivity index (χ4n) is 3.22. The number of benzene rings is 3. The number of ketones is 2. The summed E-state index contributed by atoms with van der Waals surface area (Å²) >= 11 is 0. The molecule has 0 unspecified atom stereocenters. The third-order valence-corrected chi connectivity index (χ3v) is 4.60. The Hall–Kier alpha value is -3.60. The summed E-state index contributed by atoms with van der Waals surface area (Å²) in [5.41, 5.74) is 3.19. The van der Waals surface area contributed by atoms with Crippen LogP contribution in [0.2, 0.25) is 0 Å². The molecule has 1 aliphatic rings. The van der Waals surface area contributed by atoms with Crippen LogP contribution >= 0.6 is 0 Å². The topological polar surface area (TPSA) is 83.8 Å². The summed E-state index contributed by atoms with van der Waals surface area (Å²) in [4.78, 5) is 24.0. The Morgan fingerprint density at radius 2 is 1.63 bits per heavy atom. The second kappa shape index (κ2) is 6.29. The molecule has 0 fully saturated rings. The van der Waals surface area contributed by atoms with Crippen LogP contribution in [0.3, 0.4) is 0 Å². The van der Waals surface area contributed by atoms with E-state index in [-0.39, 0.29) is 40.8 Å². The van der Waals surface area contributed by atoms with Gasteiger partial charge in [0.1, 0.15) is 28.6 Å². The molecule has 0 aromatic heterocycles. The first-order chi connectivity index (χ1) is 12.9. The van der Waals surface area contributed by atoms with Crippen molar-refractivity contribution in [3.63, 3.8) is 0 Å². The number of carbonyl (C=O) groups is 2. The van der Waals surface area contributed by atoms with Gasteiger partial charge < -0.3 is 14.9 Å². The number of carbonyl (C=O) groups excluding carboxylic acids is 2. The van der Waals surface area contributed by atoms with E-state index in [1.165, 1.54) is 13.0 Å². The Morgan fingerprint density at radius 3 is 2.33 bits per heavy atom. The molecule has 0 saturated heterocycles. The minimum atomic E-state index is -0.303. The van der Waals surface area contributed by atoms with Crippen molar-refractivity contribution in [2.24, 2.45) is 0 Å². The fraction of sp³-hybridized carbons (Fsp3) is 0.0909. The predicted octanol–water partition coefficient (Wildman–Crippen LogP) is 4.50. The van der Waals surface area contributed by atoms with E-state index in [1.807, 2.05) is 24.3 Å². The molecule has 0 radical (unpaired) electrons. The van der Waals surface area contributed by atoms with Crippen molar-refractivity contribution >= 4 is 11.6 Å². The minimum Gasteiger partial charge on any atom is -0.508 e. The maximum absolute atomic E-state index is 12.6. The first kappa shape index (κ1) is 16.8. The van der Waals surface area contributed by atoms with Crippen LogP contribution in [0.1, 0.15) is 33.2 Å². The molecule has 3 aromatic carbocycles. The van der Waals surface area contributed by atoms with Gasteiger partial charge in [-0.1, -0.05) is 30.3 Å². The molecule has 0 amide bonds. The molecule has 3 aromatic rings. The Morgan fingerprint density at radius 1 is 0.926 bits per heavy atom. The summed E-state index contributed by atoms with van der Waals surface area (Å²) in [6, 6.07) is 15.2. The smallest absolute Gasteiger partial charge is 0.174 e. The van der Waals surface area contributed by atoms with Crippen LogP contribution in [0.15, 0.2) is 54.6 Å². The summed E-state index contributed by atoms with van der Waals surface area (Å²) in [6.07, 6.45) is 0.0695. The van der Waals surface area contributed by atoms with Crippen LogP contribution in [0.25, 0.3) is 11.1 Å². The lowest BCUT2D eigenvalue weighted by molar-refractivity contribution is 0.0988. The van der Waals surface area contributed by atoms with Crippen LogP contribution in [0.4, 0.5) is 0 Å². The van der Waals surface area contributed by atoms with Gasteiger partial charge in [-0.3, -0.25) is 9.59 Å². The lowest BCUT2D eigenvalue weighted by Crippen LogP contribution is -2.02. The van der Waals surface area contributed by atoms with Crippen LogP contribution in [0.5, 0.6) is 23.0 Å². The zero-order chi connectivity index (χ0) is 19.1.